The summed E-state index contributed by atoms with van der Waals surface area (Å²) < 4.78 is 7.58. The molecule has 2 aliphatic heterocycles. The summed E-state index contributed by atoms with van der Waals surface area (Å²) in [5.74, 6) is -0.0123. The van der Waals surface area contributed by atoms with Gasteiger partial charge in [-0.15, -0.1) is 0 Å². The maximum Gasteiger partial charge on any atom is 0.307 e. The molecule has 2 fully saturated rings. The van der Waals surface area contributed by atoms with E-state index in [1.165, 1.54) is 19.0 Å². The summed E-state index contributed by atoms with van der Waals surface area (Å²) in [5, 5.41) is 0. The van der Waals surface area contributed by atoms with Crippen LogP contribution in [0.3, 0.4) is 0 Å². The predicted octanol–water partition coefficient (Wildman–Crippen LogP) is 1.21. The number of hydrogen-bond acceptors (Lipinski definition) is 3. The fourth-order valence-corrected chi connectivity index (χ4v) is 5.73. The van der Waals surface area contributed by atoms with Crippen molar-refractivity contribution in [2.24, 2.45) is 0 Å². The zero-order chi connectivity index (χ0) is 9.47. The molecule has 2 rings (SSSR count). The van der Waals surface area contributed by atoms with Crippen LogP contribution in [-0.2, 0) is 9.53 Å². The second-order valence-electron chi connectivity index (χ2n) is 4.65. The van der Waals surface area contributed by atoms with E-state index < -0.39 is 8.24 Å². The Morgan fingerprint density at radius 2 is 2.31 bits per heavy atom. The molecule has 3 nitrogen and oxygen atoms in total. The second kappa shape index (κ2) is 3.10. The highest BCUT2D eigenvalue weighted by atomic mass is 28.3. The van der Waals surface area contributed by atoms with Gasteiger partial charge in [0, 0.05) is 6.04 Å². The van der Waals surface area contributed by atoms with Gasteiger partial charge in [0.25, 0.3) is 0 Å². The van der Waals surface area contributed by atoms with Gasteiger partial charge in [-0.1, -0.05) is 13.1 Å². The molecule has 2 heterocycles. The third-order valence-corrected chi connectivity index (χ3v) is 6.97. The molecule has 1 atom stereocenters. The van der Waals surface area contributed by atoms with Crippen molar-refractivity contribution in [1.82, 2.24) is 4.57 Å². The lowest BCUT2D eigenvalue weighted by Crippen LogP contribution is -2.49. The molecule has 0 spiro atoms. The standard InChI is InChI=1S/C9H17NO2Si/c1-13(2)5-3-4-10(13)8-6-9(11)12-7-8/h8H,3-7H2,1-2H3. The molecule has 0 saturated carbocycles. The van der Waals surface area contributed by atoms with Gasteiger partial charge in [0.15, 0.2) is 0 Å². The Kier molecular flexibility index (Phi) is 2.19. The fraction of sp³-hybridized carbons (Fsp3) is 0.889. The molecule has 0 amide bonds. The second-order valence-corrected chi connectivity index (χ2v) is 9.35. The van der Waals surface area contributed by atoms with Crippen LogP contribution < -0.4 is 0 Å². The van der Waals surface area contributed by atoms with E-state index in [2.05, 4.69) is 17.7 Å². The van der Waals surface area contributed by atoms with Gasteiger partial charge in [-0.05, 0) is 19.0 Å². The maximum atomic E-state index is 11.0. The van der Waals surface area contributed by atoms with Crippen LogP contribution in [0.2, 0.25) is 19.1 Å². The number of nitrogens with zero attached hydrogens (tertiary/aromatic N) is 1. The summed E-state index contributed by atoms with van der Waals surface area (Å²) in [6, 6.07) is 1.77. The van der Waals surface area contributed by atoms with Crippen LogP contribution in [-0.4, -0.2) is 38.0 Å². The number of carbonyl (C=O) groups is 1. The summed E-state index contributed by atoms with van der Waals surface area (Å²) in [6.45, 7) is 6.60. The van der Waals surface area contributed by atoms with Gasteiger partial charge in [-0.2, -0.15) is 0 Å². The zero-order valence-corrected chi connectivity index (χ0v) is 9.38. The van der Waals surface area contributed by atoms with Crippen molar-refractivity contribution in [1.29, 1.82) is 0 Å². The van der Waals surface area contributed by atoms with Crippen LogP contribution in [0.1, 0.15) is 12.8 Å². The van der Waals surface area contributed by atoms with Gasteiger partial charge in [0.2, 0.25) is 0 Å². The first-order valence-corrected chi connectivity index (χ1v) is 8.17. The van der Waals surface area contributed by atoms with Crippen LogP contribution in [0.5, 0.6) is 0 Å². The highest BCUT2D eigenvalue weighted by molar-refractivity contribution is 6.75. The van der Waals surface area contributed by atoms with Gasteiger partial charge in [-0.25, -0.2) is 0 Å². The maximum absolute atomic E-state index is 11.0. The number of ether oxygens (including phenoxy) is 1. The molecule has 0 aromatic rings. The van der Waals surface area contributed by atoms with E-state index in [1.54, 1.807) is 0 Å². The van der Waals surface area contributed by atoms with E-state index in [0.717, 1.165) is 0 Å². The molecule has 0 aromatic carbocycles. The molecular formula is C9H17NO2Si. The van der Waals surface area contributed by atoms with Gasteiger partial charge in [-0.3, -0.25) is 4.79 Å². The third kappa shape index (κ3) is 1.65. The van der Waals surface area contributed by atoms with E-state index in [4.69, 9.17) is 4.74 Å². The van der Waals surface area contributed by atoms with Crippen molar-refractivity contribution in [2.45, 2.75) is 38.0 Å². The minimum Gasteiger partial charge on any atom is -0.464 e. The van der Waals surface area contributed by atoms with Crippen LogP contribution in [0.15, 0.2) is 0 Å². The Labute approximate surface area is 80.1 Å². The minimum atomic E-state index is -1.16. The van der Waals surface area contributed by atoms with E-state index in [9.17, 15) is 4.79 Å². The average molecular weight is 199 g/mol. The molecular weight excluding hydrogens is 182 g/mol. The molecule has 0 N–H and O–H groups in total. The predicted molar refractivity (Wildman–Crippen MR) is 53.0 cm³/mol. The number of cyclic esters (lactones) is 1. The Balaban J connectivity index is 2.04. The molecule has 4 heteroatoms. The van der Waals surface area contributed by atoms with Crippen LogP contribution in [0.4, 0.5) is 0 Å². The molecule has 0 radical (unpaired) electrons. The molecule has 74 valence electrons. The number of rotatable bonds is 1. The van der Waals surface area contributed by atoms with Gasteiger partial charge < -0.3 is 9.30 Å². The minimum absolute atomic E-state index is 0.0123. The van der Waals surface area contributed by atoms with Gasteiger partial charge in [0.05, 0.1) is 6.42 Å². The molecule has 13 heavy (non-hydrogen) atoms. The van der Waals surface area contributed by atoms with E-state index in [1.807, 2.05) is 0 Å². The Bertz CT molecular complexity index is 230. The number of hydrogen-bond donors (Lipinski definition) is 0. The largest absolute Gasteiger partial charge is 0.464 e. The molecule has 2 saturated heterocycles. The SMILES string of the molecule is C[Si]1(C)CCCN1C1COC(=O)C1. The summed E-state index contributed by atoms with van der Waals surface area (Å²) in [4.78, 5) is 11.0. The van der Waals surface area contributed by atoms with Gasteiger partial charge in [0.1, 0.15) is 14.8 Å². The van der Waals surface area contributed by atoms with Crippen LogP contribution >= 0.6 is 0 Å². The average Bonchev–Trinajstić information content (AvgIpc) is 2.56. The number of carbonyl (C=O) groups excluding carboxylic acids is 1. The monoisotopic (exact) mass is 199 g/mol. The van der Waals surface area contributed by atoms with Crippen molar-refractivity contribution >= 4 is 14.2 Å². The van der Waals surface area contributed by atoms with E-state index >= 15 is 0 Å². The van der Waals surface area contributed by atoms with Crippen molar-refractivity contribution in [3.05, 3.63) is 0 Å². The summed E-state index contributed by atoms with van der Waals surface area (Å²) in [5.41, 5.74) is 0. The topological polar surface area (TPSA) is 29.5 Å². The summed E-state index contributed by atoms with van der Waals surface area (Å²) >= 11 is 0. The lowest BCUT2D eigenvalue weighted by atomic mass is 10.2. The van der Waals surface area contributed by atoms with Gasteiger partial charge >= 0.3 is 5.97 Å². The smallest absolute Gasteiger partial charge is 0.307 e. The Hall–Kier alpha value is -0.353. The summed E-state index contributed by atoms with van der Waals surface area (Å²) in [6.07, 6.45) is 1.93. The summed E-state index contributed by atoms with van der Waals surface area (Å²) in [7, 11) is -1.16. The normalized spacial score (nSPS) is 33.7. The first-order chi connectivity index (χ1) is 6.09. The highest BCUT2D eigenvalue weighted by Crippen LogP contribution is 2.30. The highest BCUT2D eigenvalue weighted by Gasteiger charge is 2.41. The Morgan fingerprint density at radius 3 is 2.77 bits per heavy atom. The van der Waals surface area contributed by atoms with Crippen LogP contribution in [0.25, 0.3) is 0 Å². The quantitative estimate of drug-likeness (QED) is 0.469. The first kappa shape index (κ1) is 9.21. The molecule has 1 unspecified atom stereocenters. The lowest BCUT2D eigenvalue weighted by Gasteiger charge is -2.33. The molecule has 2 aliphatic rings. The van der Waals surface area contributed by atoms with Crippen molar-refractivity contribution in [2.75, 3.05) is 13.2 Å². The van der Waals surface area contributed by atoms with Crippen molar-refractivity contribution < 1.29 is 9.53 Å². The molecule has 0 aliphatic carbocycles. The lowest BCUT2D eigenvalue weighted by molar-refractivity contribution is -0.137. The van der Waals surface area contributed by atoms with Crippen molar-refractivity contribution in [3.8, 4) is 0 Å². The van der Waals surface area contributed by atoms with E-state index in [0.29, 0.717) is 19.1 Å². The van der Waals surface area contributed by atoms with Crippen molar-refractivity contribution in [3.63, 3.8) is 0 Å². The number of esters is 1. The van der Waals surface area contributed by atoms with Crippen LogP contribution in [0, 0.1) is 0 Å². The van der Waals surface area contributed by atoms with E-state index in [-0.39, 0.29) is 5.97 Å². The Morgan fingerprint density at radius 1 is 1.54 bits per heavy atom. The first-order valence-electron chi connectivity index (χ1n) is 5.02. The molecule has 0 bridgehead atoms. The third-order valence-electron chi connectivity index (χ3n) is 3.24. The zero-order valence-electron chi connectivity index (χ0n) is 8.38. The molecule has 0 aromatic heterocycles. The fourth-order valence-electron chi connectivity index (χ4n) is 2.50.